The number of halogens is 1. The molecule has 62 valence electrons. The lowest BCUT2D eigenvalue weighted by atomic mass is 10.3. The zero-order valence-electron chi connectivity index (χ0n) is 6.54. The van der Waals surface area contributed by atoms with Gasteiger partial charge < -0.3 is 0 Å². The minimum atomic E-state index is 0.836. The monoisotopic (exact) mass is 243 g/mol. The van der Waals surface area contributed by atoms with Crippen LogP contribution in [0.5, 0.6) is 0 Å². The highest BCUT2D eigenvalue weighted by molar-refractivity contribution is 9.10. The Bertz CT molecular complexity index is 436. The maximum absolute atomic E-state index is 5.77. The molecule has 0 saturated carbocycles. The molecular weight excluding hydrogens is 236 g/mol. The van der Waals surface area contributed by atoms with Crippen molar-refractivity contribution >= 4 is 42.6 Å². The molecular formula is C8H8BrN2S+. The Morgan fingerprint density at radius 2 is 2.25 bits per heavy atom. The Morgan fingerprint density at radius 1 is 1.50 bits per heavy atom. The maximum Gasteiger partial charge on any atom is 0.332 e. The molecule has 0 aliphatic rings. The highest BCUT2D eigenvalue weighted by Crippen LogP contribution is 2.24. The topological polar surface area (TPSA) is 29.9 Å². The number of nitrogens with two attached hydrogens (primary N) is 1. The fraction of sp³-hybridized carbons (Fsp3) is 0.125. The van der Waals surface area contributed by atoms with E-state index in [2.05, 4.69) is 28.1 Å². The summed E-state index contributed by atoms with van der Waals surface area (Å²) in [7, 11) is 1.97. The first-order valence-electron chi connectivity index (χ1n) is 3.52. The molecule has 0 saturated heterocycles. The number of nitrogen functional groups attached to an aromatic ring is 1. The van der Waals surface area contributed by atoms with E-state index in [4.69, 9.17) is 5.73 Å². The van der Waals surface area contributed by atoms with E-state index in [1.54, 1.807) is 11.3 Å². The number of aryl methyl sites for hydroxylation is 1. The van der Waals surface area contributed by atoms with Gasteiger partial charge in [0.2, 0.25) is 0 Å². The van der Waals surface area contributed by atoms with E-state index in [-0.39, 0.29) is 0 Å². The molecule has 0 fully saturated rings. The molecule has 0 aliphatic carbocycles. The van der Waals surface area contributed by atoms with E-state index < -0.39 is 0 Å². The van der Waals surface area contributed by atoms with Crippen LogP contribution in [0.2, 0.25) is 0 Å². The molecule has 1 aromatic heterocycles. The van der Waals surface area contributed by atoms with Gasteiger partial charge in [-0.05, 0) is 29.5 Å². The largest absolute Gasteiger partial charge is 0.332 e. The first kappa shape index (κ1) is 8.01. The van der Waals surface area contributed by atoms with Crippen LogP contribution in [-0.4, -0.2) is 0 Å². The van der Waals surface area contributed by atoms with Crippen LogP contribution < -0.4 is 10.3 Å². The molecule has 2 aromatic rings. The normalized spacial score (nSPS) is 10.8. The van der Waals surface area contributed by atoms with Crippen LogP contribution in [0.1, 0.15) is 0 Å². The number of thiazole rings is 1. The van der Waals surface area contributed by atoms with Gasteiger partial charge in [-0.15, -0.1) is 0 Å². The third kappa shape index (κ3) is 1.11. The second-order valence-corrected chi connectivity index (χ2v) is 4.59. The van der Waals surface area contributed by atoms with Gasteiger partial charge >= 0.3 is 5.13 Å². The van der Waals surface area contributed by atoms with Crippen LogP contribution in [0.25, 0.3) is 10.2 Å². The summed E-state index contributed by atoms with van der Waals surface area (Å²) in [5, 5.41) is 0.836. The van der Waals surface area contributed by atoms with Crippen LogP contribution in [0, 0.1) is 0 Å². The fourth-order valence-corrected chi connectivity index (χ4v) is 2.62. The molecule has 2 N–H and O–H groups in total. The summed E-state index contributed by atoms with van der Waals surface area (Å²) >= 11 is 5.03. The number of hydrogen-bond acceptors (Lipinski definition) is 2. The Labute approximate surface area is 82.8 Å². The highest BCUT2D eigenvalue weighted by Gasteiger charge is 2.09. The zero-order valence-corrected chi connectivity index (χ0v) is 8.95. The van der Waals surface area contributed by atoms with E-state index in [0.29, 0.717) is 0 Å². The van der Waals surface area contributed by atoms with Gasteiger partial charge in [-0.2, -0.15) is 0 Å². The third-order valence-corrected chi connectivity index (χ3v) is 3.35. The number of aromatic nitrogens is 1. The van der Waals surface area contributed by atoms with Crippen molar-refractivity contribution in [3.63, 3.8) is 0 Å². The summed E-state index contributed by atoms with van der Waals surface area (Å²) in [5.74, 6) is 0. The SMILES string of the molecule is C[n+]1c(N)sc2cc(Br)ccc21. The quantitative estimate of drug-likeness (QED) is 0.706. The molecule has 0 bridgehead atoms. The summed E-state index contributed by atoms with van der Waals surface area (Å²) in [4.78, 5) is 0. The minimum absolute atomic E-state index is 0.836. The highest BCUT2D eigenvalue weighted by atomic mass is 79.9. The molecule has 2 rings (SSSR count). The van der Waals surface area contributed by atoms with Crippen LogP contribution in [0.3, 0.4) is 0 Å². The zero-order chi connectivity index (χ0) is 8.72. The predicted octanol–water partition coefficient (Wildman–Crippen LogP) is 2.07. The third-order valence-electron chi connectivity index (χ3n) is 1.83. The van der Waals surface area contributed by atoms with Gasteiger partial charge in [0.15, 0.2) is 0 Å². The lowest BCUT2D eigenvalue weighted by Gasteiger charge is -1.89. The van der Waals surface area contributed by atoms with Crippen molar-refractivity contribution in [1.82, 2.24) is 0 Å². The summed E-state index contributed by atoms with van der Waals surface area (Å²) < 4.78 is 4.30. The van der Waals surface area contributed by atoms with E-state index in [0.717, 1.165) is 9.60 Å². The van der Waals surface area contributed by atoms with E-state index in [1.165, 1.54) is 10.2 Å². The second kappa shape index (κ2) is 2.71. The Hall–Kier alpha value is -0.610. The van der Waals surface area contributed by atoms with Gasteiger partial charge in [0, 0.05) is 4.47 Å². The number of hydrogen-bond donors (Lipinski definition) is 1. The lowest BCUT2D eigenvalue weighted by Crippen LogP contribution is -2.29. The van der Waals surface area contributed by atoms with E-state index in [9.17, 15) is 0 Å². The van der Waals surface area contributed by atoms with Gasteiger partial charge in [-0.3, -0.25) is 5.73 Å². The van der Waals surface area contributed by atoms with Crippen molar-refractivity contribution in [3.8, 4) is 0 Å². The van der Waals surface area contributed by atoms with Crippen LogP contribution in [0.15, 0.2) is 22.7 Å². The lowest BCUT2D eigenvalue weighted by molar-refractivity contribution is -0.626. The van der Waals surface area contributed by atoms with Gasteiger partial charge in [-0.25, -0.2) is 4.57 Å². The molecule has 1 aromatic carbocycles. The molecule has 4 heteroatoms. The molecule has 0 unspecified atom stereocenters. The van der Waals surface area contributed by atoms with Crippen molar-refractivity contribution in [1.29, 1.82) is 0 Å². The molecule has 0 amide bonds. The summed E-state index contributed by atoms with van der Waals surface area (Å²) in [6.45, 7) is 0. The van der Waals surface area contributed by atoms with Gasteiger partial charge in [0.1, 0.15) is 5.52 Å². The van der Waals surface area contributed by atoms with E-state index in [1.807, 2.05) is 17.7 Å². The molecule has 12 heavy (non-hydrogen) atoms. The molecule has 0 spiro atoms. The first-order chi connectivity index (χ1) is 5.68. The Balaban J connectivity index is 2.87. The number of nitrogens with zero attached hydrogens (tertiary/aromatic N) is 1. The van der Waals surface area contributed by atoms with Crippen molar-refractivity contribution in [3.05, 3.63) is 22.7 Å². The van der Waals surface area contributed by atoms with Crippen LogP contribution in [0.4, 0.5) is 5.13 Å². The Kier molecular flexibility index (Phi) is 1.81. The van der Waals surface area contributed by atoms with E-state index >= 15 is 0 Å². The summed E-state index contributed by atoms with van der Waals surface area (Å²) in [6, 6.07) is 6.16. The van der Waals surface area contributed by atoms with Crippen LogP contribution in [-0.2, 0) is 7.05 Å². The fourth-order valence-electron chi connectivity index (χ4n) is 1.15. The Morgan fingerprint density at radius 3 is 3.00 bits per heavy atom. The van der Waals surface area contributed by atoms with Gasteiger partial charge in [0.05, 0.1) is 11.7 Å². The van der Waals surface area contributed by atoms with Gasteiger partial charge in [0.25, 0.3) is 0 Å². The molecule has 1 heterocycles. The summed E-state index contributed by atoms with van der Waals surface area (Å²) in [5.41, 5.74) is 6.95. The number of anilines is 1. The number of rotatable bonds is 0. The van der Waals surface area contributed by atoms with Crippen molar-refractivity contribution in [2.75, 3.05) is 5.73 Å². The molecule has 2 nitrogen and oxygen atoms in total. The molecule has 0 radical (unpaired) electrons. The van der Waals surface area contributed by atoms with Crippen molar-refractivity contribution in [2.24, 2.45) is 7.05 Å². The molecule has 0 aliphatic heterocycles. The van der Waals surface area contributed by atoms with Crippen molar-refractivity contribution < 1.29 is 4.57 Å². The average Bonchev–Trinajstić information content (AvgIpc) is 2.28. The number of fused-ring (bicyclic) bond motifs is 1. The molecule has 0 atom stereocenters. The first-order valence-corrected chi connectivity index (χ1v) is 5.13. The second-order valence-electron chi connectivity index (χ2n) is 2.61. The smallest absolute Gasteiger partial charge is 0.278 e. The summed E-state index contributed by atoms with van der Waals surface area (Å²) in [6.07, 6.45) is 0. The predicted molar refractivity (Wildman–Crippen MR) is 55.1 cm³/mol. The average molecular weight is 244 g/mol. The standard InChI is InChI=1S/C8H7BrN2S/c1-11-6-3-2-5(9)4-7(6)12-8(11)10/h2-4,10H,1H3/p+1. The van der Waals surface area contributed by atoms with Crippen LogP contribution >= 0.6 is 27.3 Å². The minimum Gasteiger partial charge on any atom is -0.278 e. The van der Waals surface area contributed by atoms with Crippen molar-refractivity contribution in [2.45, 2.75) is 0 Å². The maximum atomic E-state index is 5.77. The number of benzene rings is 1. The van der Waals surface area contributed by atoms with Gasteiger partial charge in [-0.1, -0.05) is 15.9 Å².